The van der Waals surface area contributed by atoms with E-state index in [0.717, 1.165) is 31.0 Å². The maximum Gasteiger partial charge on any atom is 0.0716 e. The molecule has 0 spiro atoms. The molecule has 0 radical (unpaired) electrons. The van der Waals surface area contributed by atoms with E-state index in [4.69, 9.17) is 0 Å². The van der Waals surface area contributed by atoms with Crippen LogP contribution < -0.4 is 10.6 Å². The summed E-state index contributed by atoms with van der Waals surface area (Å²) in [6, 6.07) is 3.87. The minimum Gasteiger partial charge on any atom is -0.391 e. The van der Waals surface area contributed by atoms with Gasteiger partial charge in [0.25, 0.3) is 0 Å². The molecular weight excluding hydrogens is 266 g/mol. The summed E-state index contributed by atoms with van der Waals surface area (Å²) in [4.78, 5) is 4.02. The average molecular weight is 287 g/mol. The summed E-state index contributed by atoms with van der Waals surface area (Å²) in [5, 5.41) is 20.9. The molecule has 1 fully saturated rings. The van der Waals surface area contributed by atoms with Crippen LogP contribution in [0.25, 0.3) is 5.69 Å². The smallest absolute Gasteiger partial charge is 0.0716 e. The second-order valence-corrected chi connectivity index (χ2v) is 5.51. The van der Waals surface area contributed by atoms with E-state index in [0.29, 0.717) is 12.5 Å². The topological polar surface area (TPSA) is 75.0 Å². The average Bonchev–Trinajstić information content (AvgIpc) is 3.07. The second kappa shape index (κ2) is 6.34. The highest BCUT2D eigenvalue weighted by molar-refractivity contribution is 5.30. The number of β-amino-alcohol motifs (C(OH)–C–C–N with tert-alkyl or cyclic N) is 1. The molecule has 2 aromatic rings. The number of pyridine rings is 1. The maximum absolute atomic E-state index is 9.77. The van der Waals surface area contributed by atoms with E-state index in [1.165, 1.54) is 5.56 Å². The van der Waals surface area contributed by atoms with Crippen LogP contribution in [0.1, 0.15) is 11.3 Å². The van der Waals surface area contributed by atoms with Gasteiger partial charge >= 0.3 is 0 Å². The Morgan fingerprint density at radius 2 is 2.19 bits per heavy atom. The predicted molar refractivity (Wildman–Crippen MR) is 80.2 cm³/mol. The quantitative estimate of drug-likeness (QED) is 0.735. The summed E-state index contributed by atoms with van der Waals surface area (Å²) in [6.07, 6.45) is 5.33. The van der Waals surface area contributed by atoms with E-state index >= 15 is 0 Å². The molecule has 2 aromatic heterocycles. The number of aliphatic hydroxyl groups excluding tert-OH is 1. The van der Waals surface area contributed by atoms with Crippen LogP contribution in [0, 0.1) is 12.8 Å². The minimum absolute atomic E-state index is 0.238. The fraction of sp³-hybridized carbons (Fsp3) is 0.467. The lowest BCUT2D eigenvalue weighted by Gasteiger charge is -2.13. The third-order valence-electron chi connectivity index (χ3n) is 3.95. The Kier molecular flexibility index (Phi) is 4.28. The Morgan fingerprint density at radius 3 is 2.90 bits per heavy atom. The van der Waals surface area contributed by atoms with Crippen LogP contribution in [0.4, 0.5) is 0 Å². The Balaban J connectivity index is 1.60. The highest BCUT2D eigenvalue weighted by Crippen LogP contribution is 2.12. The highest BCUT2D eigenvalue weighted by Gasteiger charge is 2.24. The molecule has 21 heavy (non-hydrogen) atoms. The molecule has 0 aliphatic carbocycles. The zero-order valence-corrected chi connectivity index (χ0v) is 12.2. The van der Waals surface area contributed by atoms with Crippen molar-refractivity contribution < 1.29 is 5.11 Å². The molecule has 1 aliphatic heterocycles. The van der Waals surface area contributed by atoms with Gasteiger partial charge in [0.15, 0.2) is 0 Å². The van der Waals surface area contributed by atoms with Gasteiger partial charge in [-0.05, 0) is 19.1 Å². The summed E-state index contributed by atoms with van der Waals surface area (Å²) in [6.45, 7) is 5.17. The molecule has 0 amide bonds. The van der Waals surface area contributed by atoms with Crippen molar-refractivity contribution in [2.75, 3.05) is 19.6 Å². The zero-order chi connectivity index (χ0) is 14.7. The van der Waals surface area contributed by atoms with Crippen LogP contribution in [-0.2, 0) is 6.54 Å². The number of aryl methyl sites for hydroxylation is 1. The molecule has 6 heteroatoms. The van der Waals surface area contributed by atoms with Crippen LogP contribution in [0.5, 0.6) is 0 Å². The molecule has 0 aromatic carbocycles. The Bertz CT molecular complexity index is 583. The molecule has 2 atom stereocenters. The van der Waals surface area contributed by atoms with Crippen molar-refractivity contribution in [1.29, 1.82) is 0 Å². The molecular formula is C15H21N5O. The molecule has 6 nitrogen and oxygen atoms in total. The molecule has 3 heterocycles. The first kappa shape index (κ1) is 14.2. The first-order valence-electron chi connectivity index (χ1n) is 7.29. The number of nitrogens with zero attached hydrogens (tertiary/aromatic N) is 3. The van der Waals surface area contributed by atoms with E-state index < -0.39 is 0 Å². The molecule has 112 valence electrons. The largest absolute Gasteiger partial charge is 0.391 e. The van der Waals surface area contributed by atoms with Crippen molar-refractivity contribution >= 4 is 0 Å². The monoisotopic (exact) mass is 287 g/mol. The van der Waals surface area contributed by atoms with Crippen molar-refractivity contribution in [1.82, 2.24) is 25.4 Å². The zero-order valence-electron chi connectivity index (χ0n) is 12.2. The van der Waals surface area contributed by atoms with Gasteiger partial charge in [0.1, 0.15) is 0 Å². The van der Waals surface area contributed by atoms with Crippen LogP contribution >= 0.6 is 0 Å². The fourth-order valence-corrected chi connectivity index (χ4v) is 2.62. The third-order valence-corrected chi connectivity index (χ3v) is 3.95. The first-order valence-corrected chi connectivity index (χ1v) is 7.29. The number of nitrogens with one attached hydrogen (secondary N) is 2. The van der Waals surface area contributed by atoms with Crippen molar-refractivity contribution in [3.05, 3.63) is 42.0 Å². The summed E-state index contributed by atoms with van der Waals surface area (Å²) >= 11 is 0. The van der Waals surface area contributed by atoms with E-state index in [1.54, 1.807) is 12.4 Å². The summed E-state index contributed by atoms with van der Waals surface area (Å²) in [7, 11) is 0. The van der Waals surface area contributed by atoms with Crippen LogP contribution in [-0.4, -0.2) is 45.6 Å². The van der Waals surface area contributed by atoms with Gasteiger partial charge in [-0.15, -0.1) is 0 Å². The summed E-state index contributed by atoms with van der Waals surface area (Å²) in [5.41, 5.74) is 3.20. The minimum atomic E-state index is -0.238. The van der Waals surface area contributed by atoms with Crippen LogP contribution in [0.15, 0.2) is 30.7 Å². The molecule has 3 N–H and O–H groups in total. The molecule has 0 saturated carbocycles. The van der Waals surface area contributed by atoms with Crippen molar-refractivity contribution in [3.8, 4) is 5.69 Å². The summed E-state index contributed by atoms with van der Waals surface area (Å²) < 4.78 is 1.87. The number of aromatic nitrogens is 3. The lowest BCUT2D eigenvalue weighted by atomic mass is 10.1. The van der Waals surface area contributed by atoms with E-state index in [-0.39, 0.29) is 6.10 Å². The van der Waals surface area contributed by atoms with Crippen molar-refractivity contribution in [2.24, 2.45) is 5.92 Å². The molecule has 2 unspecified atom stereocenters. The van der Waals surface area contributed by atoms with Crippen LogP contribution in [0.2, 0.25) is 0 Å². The van der Waals surface area contributed by atoms with Gasteiger partial charge in [-0.1, -0.05) is 0 Å². The van der Waals surface area contributed by atoms with Gasteiger partial charge in [-0.25, -0.2) is 4.68 Å². The Hall–Kier alpha value is -1.76. The third kappa shape index (κ3) is 3.29. The Morgan fingerprint density at radius 1 is 1.38 bits per heavy atom. The number of aliphatic hydroxyl groups is 1. The van der Waals surface area contributed by atoms with Crippen LogP contribution in [0.3, 0.4) is 0 Å². The molecule has 3 rings (SSSR count). The number of hydrogen-bond donors (Lipinski definition) is 3. The second-order valence-electron chi connectivity index (χ2n) is 5.51. The predicted octanol–water partition coefficient (Wildman–Crippen LogP) is 0.246. The molecule has 1 aliphatic rings. The lowest BCUT2D eigenvalue weighted by Crippen LogP contribution is -2.30. The van der Waals surface area contributed by atoms with Gasteiger partial charge in [0, 0.05) is 56.3 Å². The maximum atomic E-state index is 9.77. The highest BCUT2D eigenvalue weighted by atomic mass is 16.3. The summed E-state index contributed by atoms with van der Waals surface area (Å²) in [5.74, 6) is 0.292. The lowest BCUT2D eigenvalue weighted by molar-refractivity contribution is 0.146. The van der Waals surface area contributed by atoms with Crippen molar-refractivity contribution in [3.63, 3.8) is 0 Å². The van der Waals surface area contributed by atoms with E-state index in [2.05, 4.69) is 20.7 Å². The normalized spacial score (nSPS) is 21.8. The molecule has 0 bridgehead atoms. The van der Waals surface area contributed by atoms with Crippen molar-refractivity contribution in [2.45, 2.75) is 19.6 Å². The van der Waals surface area contributed by atoms with E-state index in [1.807, 2.05) is 29.9 Å². The fourth-order valence-electron chi connectivity index (χ4n) is 2.62. The van der Waals surface area contributed by atoms with Gasteiger partial charge < -0.3 is 15.7 Å². The van der Waals surface area contributed by atoms with Gasteiger partial charge in [-0.2, -0.15) is 5.10 Å². The Labute approximate surface area is 124 Å². The molecule has 1 saturated heterocycles. The van der Waals surface area contributed by atoms with Gasteiger partial charge in [0.05, 0.1) is 17.5 Å². The van der Waals surface area contributed by atoms with E-state index in [9.17, 15) is 5.11 Å². The van der Waals surface area contributed by atoms with Gasteiger partial charge in [0.2, 0.25) is 0 Å². The number of hydrogen-bond acceptors (Lipinski definition) is 5. The standard InChI is InChI=1S/C15H21N5O/c1-11-13(8-17-6-12-7-18-9-15(12)21)10-20(19-11)14-2-4-16-5-3-14/h2-5,10,12,15,17-18,21H,6-9H2,1H3. The SMILES string of the molecule is Cc1nn(-c2ccncc2)cc1CNCC1CNCC1O. The first-order chi connectivity index (χ1) is 10.2. The number of rotatable bonds is 5. The van der Waals surface area contributed by atoms with Gasteiger partial charge in [-0.3, -0.25) is 4.98 Å².